The number of benzene rings is 1. The van der Waals surface area contributed by atoms with Gasteiger partial charge in [-0.15, -0.1) is 0 Å². The molecular weight excluding hydrogens is 225 g/mol. The normalized spacial score (nSPS) is 13.1. The molecule has 1 heterocycles. The fraction of sp³-hybridized carbons (Fsp3) is 0.500. The fourth-order valence-electron chi connectivity index (χ4n) is 2.63. The smallest absolute Gasteiger partial charge is 0.125 e. The summed E-state index contributed by atoms with van der Waals surface area (Å²) < 4.78 is 15.3. The lowest BCUT2D eigenvalue weighted by Crippen LogP contribution is -1.99. The fourth-order valence-corrected chi connectivity index (χ4v) is 2.63. The molecule has 2 heteroatoms. The molecule has 0 N–H and O–H groups in total. The van der Waals surface area contributed by atoms with Gasteiger partial charge < -0.3 is 4.57 Å². The zero-order chi connectivity index (χ0) is 13.1. The molecule has 0 saturated carbocycles. The van der Waals surface area contributed by atoms with Gasteiger partial charge in [0.25, 0.3) is 0 Å². The maximum absolute atomic E-state index is 13.2. The predicted molar refractivity (Wildman–Crippen MR) is 75.3 cm³/mol. The summed E-state index contributed by atoms with van der Waals surface area (Å²) in [6.07, 6.45) is 7.05. The second-order valence-corrected chi connectivity index (χ2v) is 5.38. The van der Waals surface area contributed by atoms with Gasteiger partial charge in [0.1, 0.15) is 5.82 Å². The Kier molecular flexibility index (Phi) is 4.05. The summed E-state index contributed by atoms with van der Waals surface area (Å²) in [5.74, 6) is 0.537. The standard InChI is InChI=1S/C16H22FN/c1-4-5-6-12(2)9-13-11-18(3)16-10-14(17)7-8-15(13)16/h7-8,10-12H,4-6,9H2,1-3H3. The van der Waals surface area contributed by atoms with E-state index in [4.69, 9.17) is 0 Å². The van der Waals surface area contributed by atoms with Crippen molar-refractivity contribution in [2.75, 3.05) is 0 Å². The summed E-state index contributed by atoms with van der Waals surface area (Å²) in [6, 6.07) is 5.09. The van der Waals surface area contributed by atoms with Crippen LogP contribution in [0.1, 0.15) is 38.7 Å². The third-order valence-electron chi connectivity index (χ3n) is 3.65. The average molecular weight is 247 g/mol. The highest BCUT2D eigenvalue weighted by molar-refractivity contribution is 5.84. The number of nitrogens with zero attached hydrogens (tertiary/aromatic N) is 1. The molecule has 2 aromatic rings. The lowest BCUT2D eigenvalue weighted by molar-refractivity contribution is 0.504. The number of aryl methyl sites for hydroxylation is 1. The van der Waals surface area contributed by atoms with Gasteiger partial charge in [-0.25, -0.2) is 4.39 Å². The van der Waals surface area contributed by atoms with E-state index in [1.165, 1.54) is 30.2 Å². The third-order valence-corrected chi connectivity index (χ3v) is 3.65. The first-order valence-corrected chi connectivity index (χ1v) is 6.85. The molecule has 0 amide bonds. The van der Waals surface area contributed by atoms with Crippen LogP contribution in [0.25, 0.3) is 10.9 Å². The molecule has 98 valence electrons. The molecule has 0 aliphatic rings. The summed E-state index contributed by atoms with van der Waals surface area (Å²) in [5, 5.41) is 1.20. The molecule has 0 spiro atoms. The van der Waals surface area contributed by atoms with Crippen LogP contribution in [-0.2, 0) is 13.5 Å². The first-order chi connectivity index (χ1) is 8.61. The second-order valence-electron chi connectivity index (χ2n) is 5.38. The van der Waals surface area contributed by atoms with Crippen molar-refractivity contribution < 1.29 is 4.39 Å². The zero-order valence-electron chi connectivity index (χ0n) is 11.5. The number of halogens is 1. The van der Waals surface area contributed by atoms with Gasteiger partial charge in [-0.2, -0.15) is 0 Å². The second kappa shape index (κ2) is 5.55. The molecule has 1 atom stereocenters. The van der Waals surface area contributed by atoms with Crippen molar-refractivity contribution in [2.24, 2.45) is 13.0 Å². The molecule has 0 saturated heterocycles. The first kappa shape index (κ1) is 13.1. The van der Waals surface area contributed by atoms with E-state index in [0.29, 0.717) is 5.92 Å². The minimum Gasteiger partial charge on any atom is -0.350 e. The van der Waals surface area contributed by atoms with Gasteiger partial charge in [-0.3, -0.25) is 0 Å². The topological polar surface area (TPSA) is 4.93 Å². The molecule has 2 rings (SSSR count). The summed E-state index contributed by atoms with van der Waals surface area (Å²) in [7, 11) is 1.99. The van der Waals surface area contributed by atoms with Gasteiger partial charge in [0, 0.05) is 18.6 Å². The highest BCUT2D eigenvalue weighted by atomic mass is 19.1. The Morgan fingerprint density at radius 2 is 2.11 bits per heavy atom. The lowest BCUT2D eigenvalue weighted by Gasteiger charge is -2.09. The maximum atomic E-state index is 13.2. The molecule has 0 aliphatic heterocycles. The van der Waals surface area contributed by atoms with E-state index in [1.54, 1.807) is 12.1 Å². The summed E-state index contributed by atoms with van der Waals surface area (Å²) in [4.78, 5) is 0. The molecule has 1 aromatic heterocycles. The number of unbranched alkanes of at least 4 members (excludes halogenated alkanes) is 1. The molecule has 1 unspecified atom stereocenters. The Morgan fingerprint density at radius 3 is 2.83 bits per heavy atom. The zero-order valence-corrected chi connectivity index (χ0v) is 11.5. The molecule has 1 nitrogen and oxygen atoms in total. The first-order valence-electron chi connectivity index (χ1n) is 6.85. The van der Waals surface area contributed by atoms with E-state index in [2.05, 4.69) is 20.0 Å². The van der Waals surface area contributed by atoms with Crippen molar-refractivity contribution in [3.63, 3.8) is 0 Å². The highest BCUT2D eigenvalue weighted by Gasteiger charge is 2.10. The number of aromatic nitrogens is 1. The third kappa shape index (κ3) is 2.74. The Morgan fingerprint density at radius 1 is 1.33 bits per heavy atom. The van der Waals surface area contributed by atoms with Crippen LogP contribution in [0.2, 0.25) is 0 Å². The maximum Gasteiger partial charge on any atom is 0.125 e. The predicted octanol–water partition coefficient (Wildman–Crippen LogP) is 4.69. The van der Waals surface area contributed by atoms with Crippen molar-refractivity contribution in [3.05, 3.63) is 35.8 Å². The lowest BCUT2D eigenvalue weighted by atomic mass is 9.96. The molecule has 0 fully saturated rings. The van der Waals surface area contributed by atoms with Gasteiger partial charge in [-0.1, -0.05) is 33.1 Å². The van der Waals surface area contributed by atoms with Crippen LogP contribution in [0.5, 0.6) is 0 Å². The van der Waals surface area contributed by atoms with Crippen LogP contribution in [-0.4, -0.2) is 4.57 Å². The van der Waals surface area contributed by atoms with Gasteiger partial charge in [-0.05, 0) is 36.1 Å². The Bertz CT molecular complexity index is 527. The van der Waals surface area contributed by atoms with Gasteiger partial charge >= 0.3 is 0 Å². The van der Waals surface area contributed by atoms with Crippen molar-refractivity contribution >= 4 is 10.9 Å². The van der Waals surface area contributed by atoms with Crippen LogP contribution >= 0.6 is 0 Å². The summed E-state index contributed by atoms with van der Waals surface area (Å²) >= 11 is 0. The van der Waals surface area contributed by atoms with Crippen molar-refractivity contribution in [1.82, 2.24) is 4.57 Å². The van der Waals surface area contributed by atoms with Gasteiger partial charge in [0.15, 0.2) is 0 Å². The number of rotatable bonds is 5. The Labute approximate surface area is 109 Å². The number of hydrogen-bond acceptors (Lipinski definition) is 0. The van der Waals surface area contributed by atoms with Crippen LogP contribution in [0.15, 0.2) is 24.4 Å². The Balaban J connectivity index is 2.23. The molecule has 0 aliphatic carbocycles. The quantitative estimate of drug-likeness (QED) is 0.722. The molecule has 0 radical (unpaired) electrons. The SMILES string of the molecule is CCCCC(C)Cc1cn(C)c2cc(F)ccc12. The van der Waals surface area contributed by atoms with Crippen LogP contribution in [0.4, 0.5) is 4.39 Å². The van der Waals surface area contributed by atoms with Crippen LogP contribution in [0, 0.1) is 11.7 Å². The van der Waals surface area contributed by atoms with Crippen LogP contribution in [0.3, 0.4) is 0 Å². The largest absolute Gasteiger partial charge is 0.350 e. The highest BCUT2D eigenvalue weighted by Crippen LogP contribution is 2.25. The minimum absolute atomic E-state index is 0.158. The van der Waals surface area contributed by atoms with E-state index in [1.807, 2.05) is 17.7 Å². The van der Waals surface area contributed by atoms with Crippen molar-refractivity contribution in [3.8, 4) is 0 Å². The molecular formula is C16H22FN. The molecule has 18 heavy (non-hydrogen) atoms. The van der Waals surface area contributed by atoms with E-state index in [0.717, 1.165) is 11.9 Å². The summed E-state index contributed by atoms with van der Waals surface area (Å²) in [6.45, 7) is 4.53. The number of fused-ring (bicyclic) bond motifs is 1. The molecule has 0 bridgehead atoms. The monoisotopic (exact) mass is 247 g/mol. The van der Waals surface area contributed by atoms with Crippen LogP contribution < -0.4 is 0 Å². The van der Waals surface area contributed by atoms with Gasteiger partial charge in [0.05, 0.1) is 5.52 Å². The van der Waals surface area contributed by atoms with E-state index < -0.39 is 0 Å². The summed E-state index contributed by atoms with van der Waals surface area (Å²) in [5.41, 5.74) is 2.34. The van der Waals surface area contributed by atoms with Crippen molar-refractivity contribution in [1.29, 1.82) is 0 Å². The van der Waals surface area contributed by atoms with E-state index in [-0.39, 0.29) is 5.82 Å². The minimum atomic E-state index is -0.158. The average Bonchev–Trinajstić information content (AvgIpc) is 2.63. The van der Waals surface area contributed by atoms with Gasteiger partial charge in [0.2, 0.25) is 0 Å². The molecule has 1 aromatic carbocycles. The van der Waals surface area contributed by atoms with E-state index >= 15 is 0 Å². The van der Waals surface area contributed by atoms with E-state index in [9.17, 15) is 4.39 Å². The Hall–Kier alpha value is -1.31. The number of hydrogen-bond donors (Lipinski definition) is 0. The van der Waals surface area contributed by atoms with Crippen molar-refractivity contribution in [2.45, 2.75) is 39.5 Å².